The lowest BCUT2D eigenvalue weighted by molar-refractivity contribution is 0.0597. The normalized spacial score (nSPS) is 15.5. The van der Waals surface area contributed by atoms with Crippen molar-refractivity contribution in [3.63, 3.8) is 0 Å². The molecule has 0 spiro atoms. The molecule has 0 atom stereocenters. The molecular weight excluding hydrogens is 323 g/mol. The highest BCUT2D eigenvalue weighted by Crippen LogP contribution is 2.21. The monoisotopic (exact) mass is 340 g/mol. The average Bonchev–Trinajstić information content (AvgIpc) is 3.06. The second kappa shape index (κ2) is 6.51. The van der Waals surface area contributed by atoms with Crippen LogP contribution in [-0.4, -0.2) is 44.6 Å². The van der Waals surface area contributed by atoms with Crippen molar-refractivity contribution in [2.75, 3.05) is 13.1 Å². The van der Waals surface area contributed by atoms with Gasteiger partial charge in [0.15, 0.2) is 5.65 Å². The van der Waals surface area contributed by atoms with E-state index in [1.165, 1.54) is 12.1 Å². The van der Waals surface area contributed by atoms with E-state index in [1.807, 2.05) is 0 Å². The van der Waals surface area contributed by atoms with Crippen molar-refractivity contribution in [3.05, 3.63) is 60.3 Å². The maximum absolute atomic E-state index is 13.2. The van der Waals surface area contributed by atoms with Crippen LogP contribution in [0.1, 0.15) is 23.2 Å². The highest BCUT2D eigenvalue weighted by atomic mass is 19.1. The number of rotatable bonds is 3. The number of carbonyl (C=O) groups excluding carboxylic acids is 1. The summed E-state index contributed by atoms with van der Waals surface area (Å²) in [4.78, 5) is 18.7. The van der Waals surface area contributed by atoms with Crippen molar-refractivity contribution in [3.8, 4) is 5.75 Å². The lowest BCUT2D eigenvalue weighted by Gasteiger charge is -2.32. The molecular formula is C18H17FN4O2. The van der Waals surface area contributed by atoms with Gasteiger partial charge in [0.25, 0.3) is 5.91 Å². The summed E-state index contributed by atoms with van der Waals surface area (Å²) in [6.45, 7) is 1.17. The Labute approximate surface area is 143 Å². The standard InChI is InChI=1S/C18H17FN4O2/c19-13-3-1-4-15(11-13)25-14-5-9-22(10-6-14)18(24)16-12-21-23-8-2-7-20-17(16)23/h1-4,7-8,11-12,14H,5-6,9-10H2. The summed E-state index contributed by atoms with van der Waals surface area (Å²) < 4.78 is 20.6. The summed E-state index contributed by atoms with van der Waals surface area (Å²) in [5, 5.41) is 4.16. The lowest BCUT2D eigenvalue weighted by atomic mass is 10.1. The molecule has 1 aliphatic rings. The van der Waals surface area contributed by atoms with E-state index in [2.05, 4.69) is 10.1 Å². The maximum atomic E-state index is 13.2. The van der Waals surface area contributed by atoms with Gasteiger partial charge in [-0.05, 0) is 18.2 Å². The van der Waals surface area contributed by atoms with Crippen LogP contribution in [0.25, 0.3) is 5.65 Å². The summed E-state index contributed by atoms with van der Waals surface area (Å²) in [7, 11) is 0. The fourth-order valence-electron chi connectivity index (χ4n) is 3.06. The highest BCUT2D eigenvalue weighted by Gasteiger charge is 2.26. The number of fused-ring (bicyclic) bond motifs is 1. The highest BCUT2D eigenvalue weighted by molar-refractivity contribution is 5.99. The SMILES string of the molecule is O=C(c1cnn2cccnc12)N1CCC(Oc2cccc(F)c2)CC1. The molecule has 1 amide bonds. The van der Waals surface area contributed by atoms with Crippen molar-refractivity contribution in [2.24, 2.45) is 0 Å². The molecule has 1 aromatic carbocycles. The minimum absolute atomic E-state index is 0.0205. The molecule has 1 fully saturated rings. The van der Waals surface area contributed by atoms with Gasteiger partial charge in [0.1, 0.15) is 23.2 Å². The third-order valence-electron chi connectivity index (χ3n) is 4.34. The van der Waals surface area contributed by atoms with Gasteiger partial charge in [-0.3, -0.25) is 4.79 Å². The number of aromatic nitrogens is 3. The molecule has 0 N–H and O–H groups in total. The molecule has 0 radical (unpaired) electrons. The first-order valence-corrected chi connectivity index (χ1v) is 8.20. The fraction of sp³-hybridized carbons (Fsp3) is 0.278. The van der Waals surface area contributed by atoms with Gasteiger partial charge in [0, 0.05) is 44.4 Å². The molecule has 25 heavy (non-hydrogen) atoms. The van der Waals surface area contributed by atoms with Crippen molar-refractivity contribution in [1.29, 1.82) is 0 Å². The minimum atomic E-state index is -0.314. The van der Waals surface area contributed by atoms with Crippen molar-refractivity contribution < 1.29 is 13.9 Å². The van der Waals surface area contributed by atoms with Crippen LogP contribution in [0.4, 0.5) is 4.39 Å². The Hall–Kier alpha value is -2.96. The van der Waals surface area contributed by atoms with E-state index >= 15 is 0 Å². The van der Waals surface area contributed by atoms with Gasteiger partial charge < -0.3 is 9.64 Å². The third kappa shape index (κ3) is 3.17. The minimum Gasteiger partial charge on any atom is -0.490 e. The second-order valence-electron chi connectivity index (χ2n) is 6.01. The summed E-state index contributed by atoms with van der Waals surface area (Å²) >= 11 is 0. The largest absolute Gasteiger partial charge is 0.490 e. The van der Waals surface area contributed by atoms with E-state index in [0.29, 0.717) is 42.9 Å². The first-order valence-electron chi connectivity index (χ1n) is 8.20. The molecule has 1 aliphatic heterocycles. The molecule has 2 aromatic heterocycles. The molecule has 0 unspecified atom stereocenters. The number of piperidine rings is 1. The fourth-order valence-corrected chi connectivity index (χ4v) is 3.06. The summed E-state index contributed by atoms with van der Waals surface area (Å²) in [6.07, 6.45) is 6.35. The lowest BCUT2D eigenvalue weighted by Crippen LogP contribution is -2.41. The second-order valence-corrected chi connectivity index (χ2v) is 6.01. The molecule has 7 heteroatoms. The van der Waals surface area contributed by atoms with Crippen LogP contribution >= 0.6 is 0 Å². The summed E-state index contributed by atoms with van der Waals surface area (Å²) in [6, 6.07) is 7.90. The van der Waals surface area contributed by atoms with E-state index in [0.717, 1.165) is 0 Å². The Kier molecular flexibility index (Phi) is 4.05. The number of hydrogen-bond donors (Lipinski definition) is 0. The molecule has 3 heterocycles. The van der Waals surface area contributed by atoms with Crippen LogP contribution in [0, 0.1) is 5.82 Å². The average molecular weight is 340 g/mol. The Morgan fingerprint density at radius 3 is 2.88 bits per heavy atom. The first-order chi connectivity index (χ1) is 12.2. The van der Waals surface area contributed by atoms with Crippen LogP contribution < -0.4 is 4.74 Å². The molecule has 128 valence electrons. The molecule has 6 nitrogen and oxygen atoms in total. The van der Waals surface area contributed by atoms with Crippen molar-refractivity contribution in [2.45, 2.75) is 18.9 Å². The first kappa shape index (κ1) is 15.6. The van der Waals surface area contributed by atoms with Crippen molar-refractivity contribution >= 4 is 11.6 Å². The molecule has 0 bridgehead atoms. The van der Waals surface area contributed by atoms with Crippen LogP contribution in [0.5, 0.6) is 5.75 Å². The van der Waals surface area contributed by atoms with E-state index < -0.39 is 0 Å². The van der Waals surface area contributed by atoms with E-state index in [-0.39, 0.29) is 17.8 Å². The smallest absolute Gasteiger partial charge is 0.259 e. The van der Waals surface area contributed by atoms with Crippen LogP contribution in [0.3, 0.4) is 0 Å². The van der Waals surface area contributed by atoms with E-state index in [1.54, 1.807) is 46.2 Å². The summed E-state index contributed by atoms with van der Waals surface area (Å²) in [5.41, 5.74) is 1.07. The number of carbonyl (C=O) groups is 1. The van der Waals surface area contributed by atoms with Gasteiger partial charge in [-0.15, -0.1) is 0 Å². The van der Waals surface area contributed by atoms with Crippen LogP contribution in [-0.2, 0) is 0 Å². The molecule has 0 saturated carbocycles. The number of hydrogen-bond acceptors (Lipinski definition) is 4. The molecule has 4 rings (SSSR count). The van der Waals surface area contributed by atoms with E-state index in [4.69, 9.17) is 4.74 Å². The Morgan fingerprint density at radius 2 is 2.08 bits per heavy atom. The zero-order chi connectivity index (χ0) is 17.2. The van der Waals surface area contributed by atoms with Crippen LogP contribution in [0.15, 0.2) is 48.9 Å². The van der Waals surface area contributed by atoms with Gasteiger partial charge in [-0.1, -0.05) is 6.07 Å². The summed E-state index contributed by atoms with van der Waals surface area (Å²) in [5.74, 6) is 0.139. The maximum Gasteiger partial charge on any atom is 0.259 e. The molecule has 3 aromatic rings. The predicted molar refractivity (Wildman–Crippen MR) is 88.9 cm³/mol. The Bertz CT molecular complexity index is 903. The number of ether oxygens (including phenoxy) is 1. The Balaban J connectivity index is 1.40. The van der Waals surface area contributed by atoms with Gasteiger partial charge in [-0.25, -0.2) is 13.9 Å². The topological polar surface area (TPSA) is 59.7 Å². The zero-order valence-electron chi connectivity index (χ0n) is 13.5. The van der Waals surface area contributed by atoms with Gasteiger partial charge in [-0.2, -0.15) is 5.10 Å². The Morgan fingerprint density at radius 1 is 1.24 bits per heavy atom. The van der Waals surface area contributed by atoms with Crippen molar-refractivity contribution in [1.82, 2.24) is 19.5 Å². The van der Waals surface area contributed by atoms with Gasteiger partial charge >= 0.3 is 0 Å². The molecule has 0 aliphatic carbocycles. The quantitative estimate of drug-likeness (QED) is 0.735. The molecule has 1 saturated heterocycles. The number of amides is 1. The number of benzene rings is 1. The van der Waals surface area contributed by atoms with Gasteiger partial charge in [0.05, 0.1) is 6.20 Å². The predicted octanol–water partition coefficient (Wildman–Crippen LogP) is 2.55. The van der Waals surface area contributed by atoms with Crippen LogP contribution in [0.2, 0.25) is 0 Å². The zero-order valence-corrected chi connectivity index (χ0v) is 13.5. The number of nitrogens with zero attached hydrogens (tertiary/aromatic N) is 4. The number of halogens is 1. The third-order valence-corrected chi connectivity index (χ3v) is 4.34. The van der Waals surface area contributed by atoms with Gasteiger partial charge in [0.2, 0.25) is 0 Å². The number of likely N-dealkylation sites (tertiary alicyclic amines) is 1. The van der Waals surface area contributed by atoms with E-state index in [9.17, 15) is 9.18 Å².